The Balaban J connectivity index is 1.54. The van der Waals surface area contributed by atoms with E-state index in [0.717, 1.165) is 18.9 Å². The van der Waals surface area contributed by atoms with Gasteiger partial charge in [-0.05, 0) is 43.7 Å². The molecule has 2 amide bonds. The fourth-order valence-electron chi connectivity index (χ4n) is 3.56. The minimum Gasteiger partial charge on any atom is -0.345 e. The van der Waals surface area contributed by atoms with Crippen LogP contribution in [0.25, 0.3) is 0 Å². The van der Waals surface area contributed by atoms with Crippen molar-refractivity contribution in [1.29, 1.82) is 0 Å². The number of amides is 2. The van der Waals surface area contributed by atoms with Crippen molar-refractivity contribution in [3.63, 3.8) is 0 Å². The van der Waals surface area contributed by atoms with E-state index in [1.807, 2.05) is 4.90 Å². The smallest absolute Gasteiger partial charge is 0.227 e. The van der Waals surface area contributed by atoms with E-state index in [-0.39, 0.29) is 30.2 Å². The second-order valence-electron chi connectivity index (χ2n) is 7.27. The topological polar surface area (TPSA) is 40.6 Å². The molecule has 1 heterocycles. The fourth-order valence-corrected chi connectivity index (χ4v) is 3.56. The standard InChI is InChI=1S/C19H24F2N2O2/c1-12(13-3-4-13)23-11-15(9-18(23)24)19(25)22(2)8-7-14-5-6-16(20)10-17(14)21/h5-6,10,12-13,15H,3-4,7-9,11H2,1-2H3. The van der Waals surface area contributed by atoms with Crippen molar-refractivity contribution in [3.05, 3.63) is 35.4 Å². The molecule has 6 heteroatoms. The largest absolute Gasteiger partial charge is 0.345 e. The Morgan fingerprint density at radius 1 is 1.36 bits per heavy atom. The van der Waals surface area contributed by atoms with Crippen molar-refractivity contribution < 1.29 is 18.4 Å². The van der Waals surface area contributed by atoms with E-state index in [1.54, 1.807) is 11.9 Å². The lowest BCUT2D eigenvalue weighted by Gasteiger charge is -2.25. The molecular weight excluding hydrogens is 326 g/mol. The third-order valence-corrected chi connectivity index (χ3v) is 5.41. The number of likely N-dealkylation sites (N-methyl/N-ethyl adjacent to an activating group) is 1. The maximum Gasteiger partial charge on any atom is 0.227 e. The lowest BCUT2D eigenvalue weighted by molar-refractivity contribution is -0.134. The summed E-state index contributed by atoms with van der Waals surface area (Å²) < 4.78 is 26.6. The molecule has 0 aromatic heterocycles. The first-order valence-electron chi connectivity index (χ1n) is 8.85. The monoisotopic (exact) mass is 350 g/mol. The highest BCUT2D eigenvalue weighted by molar-refractivity contribution is 5.89. The minimum absolute atomic E-state index is 0.0516. The molecule has 0 bridgehead atoms. The first kappa shape index (κ1) is 17.8. The third-order valence-electron chi connectivity index (χ3n) is 5.41. The van der Waals surface area contributed by atoms with Gasteiger partial charge in [0, 0.05) is 38.7 Å². The molecule has 0 spiro atoms. The van der Waals surface area contributed by atoms with Gasteiger partial charge in [0.05, 0.1) is 5.92 Å². The van der Waals surface area contributed by atoms with Crippen LogP contribution in [0.15, 0.2) is 18.2 Å². The molecule has 1 saturated carbocycles. The highest BCUT2D eigenvalue weighted by Gasteiger charge is 2.42. The fraction of sp³-hybridized carbons (Fsp3) is 0.579. The van der Waals surface area contributed by atoms with Gasteiger partial charge in [-0.2, -0.15) is 0 Å². The van der Waals surface area contributed by atoms with E-state index < -0.39 is 11.6 Å². The number of carbonyl (C=O) groups excluding carboxylic acids is 2. The summed E-state index contributed by atoms with van der Waals surface area (Å²) in [7, 11) is 1.67. The van der Waals surface area contributed by atoms with Gasteiger partial charge in [-0.25, -0.2) is 8.78 Å². The van der Waals surface area contributed by atoms with Crippen LogP contribution in [0.5, 0.6) is 0 Å². The maximum absolute atomic E-state index is 13.7. The van der Waals surface area contributed by atoms with E-state index >= 15 is 0 Å². The first-order chi connectivity index (χ1) is 11.9. The first-order valence-corrected chi connectivity index (χ1v) is 8.85. The Kier molecular flexibility index (Phi) is 5.06. The molecule has 0 N–H and O–H groups in total. The molecule has 2 fully saturated rings. The van der Waals surface area contributed by atoms with Gasteiger partial charge in [-0.15, -0.1) is 0 Å². The summed E-state index contributed by atoms with van der Waals surface area (Å²) >= 11 is 0. The van der Waals surface area contributed by atoms with Crippen LogP contribution < -0.4 is 0 Å². The van der Waals surface area contributed by atoms with Crippen molar-refractivity contribution in [2.24, 2.45) is 11.8 Å². The molecule has 2 unspecified atom stereocenters. The Labute approximate surface area is 146 Å². The number of likely N-dealkylation sites (tertiary alicyclic amines) is 1. The highest BCUT2D eigenvalue weighted by atomic mass is 19.1. The summed E-state index contributed by atoms with van der Waals surface area (Å²) in [5.41, 5.74) is 0.382. The predicted octanol–water partition coefficient (Wildman–Crippen LogP) is 2.61. The van der Waals surface area contributed by atoms with Gasteiger partial charge in [0.1, 0.15) is 11.6 Å². The number of hydrogen-bond acceptors (Lipinski definition) is 2. The predicted molar refractivity (Wildman–Crippen MR) is 89.7 cm³/mol. The lowest BCUT2D eigenvalue weighted by atomic mass is 10.1. The molecule has 1 aliphatic carbocycles. The Hall–Kier alpha value is -1.98. The number of halogens is 2. The molecular formula is C19H24F2N2O2. The molecule has 0 radical (unpaired) electrons. The normalized spacial score (nSPS) is 21.5. The van der Waals surface area contributed by atoms with Crippen molar-refractivity contribution in [2.75, 3.05) is 20.1 Å². The summed E-state index contributed by atoms with van der Waals surface area (Å²) in [6.45, 7) is 2.87. The van der Waals surface area contributed by atoms with Crippen LogP contribution >= 0.6 is 0 Å². The van der Waals surface area contributed by atoms with Crippen LogP contribution in [-0.2, 0) is 16.0 Å². The molecule has 25 heavy (non-hydrogen) atoms. The van der Waals surface area contributed by atoms with Crippen molar-refractivity contribution >= 4 is 11.8 Å². The van der Waals surface area contributed by atoms with Gasteiger partial charge in [-0.1, -0.05) is 6.07 Å². The average molecular weight is 350 g/mol. The molecule has 1 aliphatic heterocycles. The molecule has 1 aromatic rings. The third kappa shape index (κ3) is 3.99. The van der Waals surface area contributed by atoms with Crippen LogP contribution in [0.1, 0.15) is 31.7 Å². The summed E-state index contributed by atoms with van der Waals surface area (Å²) in [4.78, 5) is 28.2. The van der Waals surface area contributed by atoms with Crippen LogP contribution in [0.4, 0.5) is 8.78 Å². The van der Waals surface area contributed by atoms with Crippen LogP contribution in [-0.4, -0.2) is 47.8 Å². The molecule has 3 rings (SSSR count). The zero-order valence-electron chi connectivity index (χ0n) is 14.7. The lowest BCUT2D eigenvalue weighted by Crippen LogP contribution is -2.39. The highest BCUT2D eigenvalue weighted by Crippen LogP contribution is 2.37. The summed E-state index contributed by atoms with van der Waals surface area (Å²) in [6.07, 6.45) is 2.89. The summed E-state index contributed by atoms with van der Waals surface area (Å²) in [6, 6.07) is 3.68. The summed E-state index contributed by atoms with van der Waals surface area (Å²) in [5.74, 6) is -0.979. The van der Waals surface area contributed by atoms with Gasteiger partial charge in [-0.3, -0.25) is 9.59 Å². The molecule has 1 aromatic carbocycles. The number of carbonyl (C=O) groups is 2. The Morgan fingerprint density at radius 3 is 2.72 bits per heavy atom. The number of rotatable bonds is 6. The van der Waals surface area contributed by atoms with E-state index in [1.165, 1.54) is 12.1 Å². The quantitative estimate of drug-likeness (QED) is 0.791. The average Bonchev–Trinajstić information content (AvgIpc) is 3.35. The summed E-state index contributed by atoms with van der Waals surface area (Å²) in [5, 5.41) is 0. The van der Waals surface area contributed by atoms with E-state index in [0.29, 0.717) is 31.0 Å². The molecule has 2 aliphatic rings. The van der Waals surface area contributed by atoms with Gasteiger partial charge < -0.3 is 9.80 Å². The number of benzene rings is 1. The molecule has 1 saturated heterocycles. The number of nitrogens with zero attached hydrogens (tertiary/aromatic N) is 2. The van der Waals surface area contributed by atoms with Gasteiger partial charge in [0.2, 0.25) is 11.8 Å². The number of hydrogen-bond donors (Lipinski definition) is 0. The van der Waals surface area contributed by atoms with Crippen molar-refractivity contribution in [3.8, 4) is 0 Å². The second-order valence-corrected chi connectivity index (χ2v) is 7.27. The molecule has 2 atom stereocenters. The van der Waals surface area contributed by atoms with Gasteiger partial charge in [0.25, 0.3) is 0 Å². The molecule has 4 nitrogen and oxygen atoms in total. The zero-order chi connectivity index (χ0) is 18.1. The Morgan fingerprint density at radius 2 is 2.08 bits per heavy atom. The zero-order valence-corrected chi connectivity index (χ0v) is 14.7. The van der Waals surface area contributed by atoms with Crippen molar-refractivity contribution in [2.45, 2.75) is 38.6 Å². The van der Waals surface area contributed by atoms with Crippen LogP contribution in [0.3, 0.4) is 0 Å². The Bertz CT molecular complexity index is 675. The van der Waals surface area contributed by atoms with E-state index in [2.05, 4.69) is 6.92 Å². The van der Waals surface area contributed by atoms with E-state index in [9.17, 15) is 18.4 Å². The van der Waals surface area contributed by atoms with Crippen molar-refractivity contribution in [1.82, 2.24) is 9.80 Å². The minimum atomic E-state index is -0.611. The van der Waals surface area contributed by atoms with Crippen LogP contribution in [0, 0.1) is 23.5 Å². The van der Waals surface area contributed by atoms with Gasteiger partial charge >= 0.3 is 0 Å². The van der Waals surface area contributed by atoms with Crippen LogP contribution in [0.2, 0.25) is 0 Å². The second kappa shape index (κ2) is 7.10. The maximum atomic E-state index is 13.7. The molecule has 136 valence electrons. The van der Waals surface area contributed by atoms with Gasteiger partial charge in [0.15, 0.2) is 0 Å². The van der Waals surface area contributed by atoms with E-state index in [4.69, 9.17) is 0 Å². The SMILES string of the molecule is CC(C1CC1)N1CC(C(=O)N(C)CCc2ccc(F)cc2F)CC1=O.